The summed E-state index contributed by atoms with van der Waals surface area (Å²) < 4.78 is 2.14. The Hall–Kier alpha value is -2.44. The van der Waals surface area contributed by atoms with Gasteiger partial charge < -0.3 is 14.5 Å². The monoisotopic (exact) mass is 301 g/mol. The zero-order valence-corrected chi connectivity index (χ0v) is 12.7. The van der Waals surface area contributed by atoms with Crippen LogP contribution >= 0.6 is 0 Å². The molecular weight excluding hydrogens is 282 g/mol. The third-order valence-corrected chi connectivity index (χ3v) is 4.01. The number of H-pyrrole nitrogens is 1. The number of fused-ring (bicyclic) bond motifs is 1. The Morgan fingerprint density at radius 1 is 1.55 bits per heavy atom. The van der Waals surface area contributed by atoms with Crippen LogP contribution in [0.25, 0.3) is 0 Å². The minimum absolute atomic E-state index is 0.197. The van der Waals surface area contributed by atoms with E-state index in [0.29, 0.717) is 18.2 Å². The summed E-state index contributed by atoms with van der Waals surface area (Å²) in [6.07, 6.45) is 5.74. The van der Waals surface area contributed by atoms with Crippen LogP contribution in [0.1, 0.15) is 28.4 Å². The van der Waals surface area contributed by atoms with E-state index in [1.54, 1.807) is 24.9 Å². The molecule has 3 rings (SSSR count). The van der Waals surface area contributed by atoms with Gasteiger partial charge in [-0.15, -0.1) is 0 Å². The van der Waals surface area contributed by atoms with Crippen LogP contribution in [0.2, 0.25) is 0 Å². The fraction of sp³-hybridized carbons (Fsp3) is 0.467. The van der Waals surface area contributed by atoms with Crippen molar-refractivity contribution in [3.8, 4) is 0 Å². The summed E-state index contributed by atoms with van der Waals surface area (Å²) >= 11 is 0. The van der Waals surface area contributed by atoms with Crippen molar-refractivity contribution >= 4 is 5.91 Å². The first kappa shape index (κ1) is 14.5. The number of aromatic nitrogens is 4. The van der Waals surface area contributed by atoms with Gasteiger partial charge in [0.25, 0.3) is 5.91 Å². The van der Waals surface area contributed by atoms with Crippen molar-refractivity contribution < 1.29 is 4.79 Å². The fourth-order valence-corrected chi connectivity index (χ4v) is 2.94. The Morgan fingerprint density at radius 3 is 3.14 bits per heavy atom. The van der Waals surface area contributed by atoms with Gasteiger partial charge >= 0.3 is 5.69 Å². The van der Waals surface area contributed by atoms with Crippen molar-refractivity contribution in [3.63, 3.8) is 0 Å². The minimum atomic E-state index is -0.488. The second-order valence-electron chi connectivity index (χ2n) is 5.84. The number of hydrogen-bond acceptors (Lipinski definition) is 4. The van der Waals surface area contributed by atoms with Crippen LogP contribution in [0.4, 0.5) is 0 Å². The van der Waals surface area contributed by atoms with E-state index >= 15 is 0 Å². The van der Waals surface area contributed by atoms with E-state index in [0.717, 1.165) is 25.2 Å². The molecule has 0 aromatic carbocycles. The first-order chi connectivity index (χ1) is 10.5. The predicted octanol–water partition coefficient (Wildman–Crippen LogP) is 0.609. The normalized spacial score (nSPS) is 17.1. The molecule has 1 unspecified atom stereocenters. The van der Waals surface area contributed by atoms with Crippen molar-refractivity contribution in [1.29, 1.82) is 0 Å². The first-order valence-corrected chi connectivity index (χ1v) is 7.36. The predicted molar refractivity (Wildman–Crippen MR) is 80.6 cm³/mol. The summed E-state index contributed by atoms with van der Waals surface area (Å²) in [7, 11) is 1.75. The molecule has 1 N–H and O–H groups in total. The highest BCUT2D eigenvalue weighted by Gasteiger charge is 2.23. The molecule has 1 aliphatic heterocycles. The molecule has 7 nitrogen and oxygen atoms in total. The number of aryl methyl sites for hydroxylation is 2. The Morgan fingerprint density at radius 2 is 2.36 bits per heavy atom. The lowest BCUT2D eigenvalue weighted by atomic mass is 9.99. The number of carbonyl (C=O) groups is 1. The average molecular weight is 301 g/mol. The van der Waals surface area contributed by atoms with Gasteiger partial charge in [0, 0.05) is 44.6 Å². The lowest BCUT2D eigenvalue weighted by molar-refractivity contribution is 0.0754. The van der Waals surface area contributed by atoms with E-state index in [4.69, 9.17) is 0 Å². The molecule has 0 saturated heterocycles. The molecule has 116 valence electrons. The molecule has 22 heavy (non-hydrogen) atoms. The number of nitrogens with zero attached hydrogens (tertiary/aromatic N) is 4. The molecule has 2 aromatic rings. The number of amides is 1. The van der Waals surface area contributed by atoms with Crippen LogP contribution in [0.15, 0.2) is 23.3 Å². The molecular formula is C15H19N5O2. The van der Waals surface area contributed by atoms with Gasteiger partial charge in [-0.25, -0.2) is 9.78 Å². The molecule has 0 spiro atoms. The summed E-state index contributed by atoms with van der Waals surface area (Å²) in [5.74, 6) is 1.28. The zero-order valence-electron chi connectivity index (χ0n) is 12.7. The van der Waals surface area contributed by atoms with Crippen LogP contribution in [-0.4, -0.2) is 43.9 Å². The molecule has 0 fully saturated rings. The van der Waals surface area contributed by atoms with E-state index in [9.17, 15) is 9.59 Å². The number of aromatic amines is 1. The van der Waals surface area contributed by atoms with Gasteiger partial charge in [-0.05, 0) is 25.3 Å². The van der Waals surface area contributed by atoms with Gasteiger partial charge in [-0.3, -0.25) is 4.79 Å². The highest BCUT2D eigenvalue weighted by atomic mass is 16.2. The van der Waals surface area contributed by atoms with Crippen molar-refractivity contribution in [1.82, 2.24) is 24.4 Å². The summed E-state index contributed by atoms with van der Waals surface area (Å²) in [4.78, 5) is 36.1. The molecule has 2 aromatic heterocycles. The lowest BCUT2D eigenvalue weighted by Crippen LogP contribution is -2.36. The van der Waals surface area contributed by atoms with Crippen molar-refractivity contribution in [3.05, 3.63) is 46.2 Å². The second-order valence-corrected chi connectivity index (χ2v) is 5.84. The van der Waals surface area contributed by atoms with Gasteiger partial charge in [-0.2, -0.15) is 4.98 Å². The smallest absolute Gasteiger partial charge is 0.340 e. The number of hydrogen-bond donors (Lipinski definition) is 1. The molecule has 1 amide bonds. The highest BCUT2D eigenvalue weighted by molar-refractivity contribution is 5.92. The number of rotatable bonds is 3. The summed E-state index contributed by atoms with van der Waals surface area (Å²) in [5, 5.41) is 0. The minimum Gasteiger partial charge on any atom is -0.340 e. The topological polar surface area (TPSA) is 83.9 Å². The Bertz CT molecular complexity index is 748. The van der Waals surface area contributed by atoms with Crippen LogP contribution in [-0.2, 0) is 13.0 Å². The Balaban J connectivity index is 1.68. The van der Waals surface area contributed by atoms with Gasteiger partial charge in [0.05, 0.1) is 0 Å². The number of imidazole rings is 1. The van der Waals surface area contributed by atoms with E-state index in [-0.39, 0.29) is 11.6 Å². The van der Waals surface area contributed by atoms with Crippen molar-refractivity contribution in [2.24, 2.45) is 5.92 Å². The Kier molecular flexibility index (Phi) is 3.79. The molecule has 0 saturated carbocycles. The number of nitrogens with one attached hydrogen (secondary N) is 1. The molecule has 3 heterocycles. The van der Waals surface area contributed by atoms with Gasteiger partial charge in [0.1, 0.15) is 11.5 Å². The maximum absolute atomic E-state index is 12.4. The quantitative estimate of drug-likeness (QED) is 0.900. The van der Waals surface area contributed by atoms with Crippen LogP contribution in [0, 0.1) is 12.8 Å². The maximum atomic E-state index is 12.4. The summed E-state index contributed by atoms with van der Waals surface area (Å²) in [6.45, 7) is 3.25. The highest BCUT2D eigenvalue weighted by Crippen LogP contribution is 2.19. The third kappa shape index (κ3) is 2.93. The standard InChI is InChI=1S/C15H19N5O2/c1-10-7-12(18-15(22)17-10)14(21)19(2)8-11-3-4-13-16-5-6-20(13)9-11/h5-7,11H,3-4,8-9H2,1-2H3,(H,17,18,22). The number of carbonyl (C=O) groups excluding carboxylic acids is 1. The van der Waals surface area contributed by atoms with E-state index < -0.39 is 5.69 Å². The van der Waals surface area contributed by atoms with Gasteiger partial charge in [0.2, 0.25) is 0 Å². The largest absolute Gasteiger partial charge is 0.345 e. The maximum Gasteiger partial charge on any atom is 0.345 e. The van der Waals surface area contributed by atoms with Crippen LogP contribution in [0.3, 0.4) is 0 Å². The molecule has 0 radical (unpaired) electrons. The van der Waals surface area contributed by atoms with Crippen molar-refractivity contribution in [2.45, 2.75) is 26.3 Å². The molecule has 0 bridgehead atoms. The lowest BCUT2D eigenvalue weighted by Gasteiger charge is -2.28. The summed E-state index contributed by atoms with van der Waals surface area (Å²) in [5.41, 5.74) is 0.345. The average Bonchev–Trinajstić information content (AvgIpc) is 2.93. The first-order valence-electron chi connectivity index (χ1n) is 7.36. The van der Waals surface area contributed by atoms with Crippen LogP contribution in [0.5, 0.6) is 0 Å². The second kappa shape index (κ2) is 5.75. The van der Waals surface area contributed by atoms with E-state index in [1.807, 2.05) is 12.4 Å². The van der Waals surface area contributed by atoms with Crippen LogP contribution < -0.4 is 5.69 Å². The zero-order chi connectivity index (χ0) is 15.7. The van der Waals surface area contributed by atoms with E-state index in [2.05, 4.69) is 19.5 Å². The summed E-state index contributed by atoms with van der Waals surface area (Å²) in [6, 6.07) is 1.61. The molecule has 7 heteroatoms. The van der Waals surface area contributed by atoms with Gasteiger partial charge in [0.15, 0.2) is 0 Å². The molecule has 1 aliphatic rings. The van der Waals surface area contributed by atoms with E-state index in [1.165, 1.54) is 0 Å². The van der Waals surface area contributed by atoms with Gasteiger partial charge in [-0.1, -0.05) is 0 Å². The molecule has 1 atom stereocenters. The molecule has 0 aliphatic carbocycles. The SMILES string of the molecule is Cc1cc(C(=O)N(C)CC2CCc3nccn3C2)nc(=O)[nH]1. The van der Waals surface area contributed by atoms with Crippen molar-refractivity contribution in [2.75, 3.05) is 13.6 Å². The Labute approximate surface area is 128 Å². The third-order valence-electron chi connectivity index (χ3n) is 4.01. The fourth-order valence-electron chi connectivity index (χ4n) is 2.94.